The van der Waals surface area contributed by atoms with Crippen molar-refractivity contribution in [1.29, 1.82) is 0 Å². The molecule has 20 heavy (non-hydrogen) atoms. The fourth-order valence-electron chi connectivity index (χ4n) is 1.74. The third kappa shape index (κ3) is 4.08. The first-order valence-electron chi connectivity index (χ1n) is 6.34. The Labute approximate surface area is 123 Å². The van der Waals surface area contributed by atoms with Crippen LogP contribution in [-0.4, -0.2) is 23.6 Å². The number of methoxy groups -OCH3 is 1. The van der Waals surface area contributed by atoms with Crippen LogP contribution in [0.2, 0.25) is 5.02 Å². The molecule has 0 aliphatic rings. The van der Waals surface area contributed by atoms with Gasteiger partial charge in [-0.05, 0) is 25.1 Å². The van der Waals surface area contributed by atoms with Crippen LogP contribution < -0.4 is 10.6 Å². The number of anilines is 3. The van der Waals surface area contributed by atoms with Gasteiger partial charge in [-0.25, -0.2) is 9.97 Å². The third-order valence-corrected chi connectivity index (χ3v) is 2.74. The predicted molar refractivity (Wildman–Crippen MR) is 81.6 cm³/mol. The normalized spacial score (nSPS) is 10.3. The lowest BCUT2D eigenvalue weighted by Crippen LogP contribution is -2.06. The van der Waals surface area contributed by atoms with Gasteiger partial charge >= 0.3 is 0 Å². The summed E-state index contributed by atoms with van der Waals surface area (Å²) in [5, 5.41) is 7.06. The number of nitrogens with one attached hydrogen (secondary N) is 2. The lowest BCUT2D eigenvalue weighted by atomic mass is 10.3. The number of aromatic nitrogens is 2. The van der Waals surface area contributed by atoms with Gasteiger partial charge in [-0.3, -0.25) is 0 Å². The second-order valence-corrected chi connectivity index (χ2v) is 4.59. The number of ether oxygens (including phenoxy) is 1. The van der Waals surface area contributed by atoms with Gasteiger partial charge in [0.1, 0.15) is 18.2 Å². The van der Waals surface area contributed by atoms with Crippen molar-refractivity contribution in [3.63, 3.8) is 0 Å². The molecule has 0 spiro atoms. The number of benzene rings is 1. The second-order valence-electron chi connectivity index (χ2n) is 4.15. The Morgan fingerprint density at radius 2 is 2.00 bits per heavy atom. The van der Waals surface area contributed by atoms with Gasteiger partial charge in [0.25, 0.3) is 0 Å². The molecule has 0 radical (unpaired) electrons. The van der Waals surface area contributed by atoms with E-state index in [1.54, 1.807) is 7.11 Å². The first-order chi connectivity index (χ1) is 9.71. The lowest BCUT2D eigenvalue weighted by molar-refractivity contribution is 0.178. The molecule has 0 atom stereocenters. The first kappa shape index (κ1) is 14.6. The monoisotopic (exact) mass is 292 g/mol. The first-order valence-corrected chi connectivity index (χ1v) is 6.72. The Morgan fingerprint density at radius 1 is 1.20 bits per heavy atom. The van der Waals surface area contributed by atoms with E-state index < -0.39 is 0 Å². The fraction of sp³-hybridized carbons (Fsp3) is 0.286. The Hall–Kier alpha value is -1.85. The molecule has 1 aromatic heterocycles. The molecule has 0 bridgehead atoms. The summed E-state index contributed by atoms with van der Waals surface area (Å²) in [5.74, 6) is 2.08. The summed E-state index contributed by atoms with van der Waals surface area (Å²) < 4.78 is 5.08. The van der Waals surface area contributed by atoms with E-state index in [1.165, 1.54) is 0 Å². The highest BCUT2D eigenvalue weighted by molar-refractivity contribution is 6.30. The van der Waals surface area contributed by atoms with E-state index in [0.717, 1.165) is 18.1 Å². The summed E-state index contributed by atoms with van der Waals surface area (Å²) >= 11 is 5.97. The van der Waals surface area contributed by atoms with Crippen LogP contribution in [0.1, 0.15) is 12.7 Å². The van der Waals surface area contributed by atoms with Crippen molar-refractivity contribution in [2.24, 2.45) is 0 Å². The predicted octanol–water partition coefficient (Wildman–Crippen LogP) is 3.45. The molecular weight excluding hydrogens is 276 g/mol. The van der Waals surface area contributed by atoms with Crippen LogP contribution in [-0.2, 0) is 11.3 Å². The second kappa shape index (κ2) is 7.07. The highest BCUT2D eigenvalue weighted by Crippen LogP contribution is 2.20. The number of rotatable bonds is 6. The molecular formula is C14H17ClN4O. The average Bonchev–Trinajstić information content (AvgIpc) is 2.39. The van der Waals surface area contributed by atoms with E-state index in [0.29, 0.717) is 23.3 Å². The molecule has 5 nitrogen and oxygen atoms in total. The van der Waals surface area contributed by atoms with Crippen molar-refractivity contribution >= 4 is 28.9 Å². The summed E-state index contributed by atoms with van der Waals surface area (Å²) in [5.41, 5.74) is 0.877. The number of halogens is 1. The van der Waals surface area contributed by atoms with Gasteiger partial charge in [-0.15, -0.1) is 0 Å². The summed E-state index contributed by atoms with van der Waals surface area (Å²) in [7, 11) is 1.62. The fourth-order valence-corrected chi connectivity index (χ4v) is 1.93. The molecule has 0 saturated carbocycles. The van der Waals surface area contributed by atoms with Crippen LogP contribution in [0.4, 0.5) is 17.3 Å². The zero-order valence-electron chi connectivity index (χ0n) is 11.5. The third-order valence-electron chi connectivity index (χ3n) is 2.50. The molecule has 6 heteroatoms. The maximum atomic E-state index is 5.97. The minimum Gasteiger partial charge on any atom is -0.377 e. The van der Waals surface area contributed by atoms with E-state index in [9.17, 15) is 0 Å². The van der Waals surface area contributed by atoms with E-state index in [2.05, 4.69) is 20.6 Å². The Bertz CT molecular complexity index is 553. The van der Waals surface area contributed by atoms with Gasteiger partial charge in [0.05, 0.1) is 0 Å². The van der Waals surface area contributed by atoms with Crippen LogP contribution in [0.3, 0.4) is 0 Å². The zero-order chi connectivity index (χ0) is 14.4. The van der Waals surface area contributed by atoms with Crippen LogP contribution in [0.5, 0.6) is 0 Å². The minimum atomic E-state index is 0.365. The van der Waals surface area contributed by atoms with Gasteiger partial charge in [0, 0.05) is 30.4 Å². The van der Waals surface area contributed by atoms with Gasteiger partial charge in [0.2, 0.25) is 0 Å². The highest BCUT2D eigenvalue weighted by atomic mass is 35.5. The van der Waals surface area contributed by atoms with E-state index >= 15 is 0 Å². The highest BCUT2D eigenvalue weighted by Gasteiger charge is 2.05. The molecule has 0 unspecified atom stereocenters. The summed E-state index contributed by atoms with van der Waals surface area (Å²) in [6, 6.07) is 9.33. The minimum absolute atomic E-state index is 0.365. The van der Waals surface area contributed by atoms with Gasteiger partial charge in [0.15, 0.2) is 5.82 Å². The topological polar surface area (TPSA) is 59.1 Å². The molecule has 0 saturated heterocycles. The maximum Gasteiger partial charge on any atom is 0.158 e. The van der Waals surface area contributed by atoms with Crippen molar-refractivity contribution in [2.75, 3.05) is 24.3 Å². The van der Waals surface area contributed by atoms with Crippen LogP contribution >= 0.6 is 11.6 Å². The quantitative estimate of drug-likeness (QED) is 0.854. The molecule has 0 aliphatic carbocycles. The largest absolute Gasteiger partial charge is 0.377 e. The number of hydrogen-bond donors (Lipinski definition) is 2. The van der Waals surface area contributed by atoms with Crippen LogP contribution in [0.25, 0.3) is 0 Å². The van der Waals surface area contributed by atoms with Crippen molar-refractivity contribution in [1.82, 2.24) is 9.97 Å². The molecule has 0 fully saturated rings. The molecule has 1 heterocycles. The van der Waals surface area contributed by atoms with Gasteiger partial charge < -0.3 is 15.4 Å². The van der Waals surface area contributed by atoms with Crippen molar-refractivity contribution < 1.29 is 4.74 Å². The lowest BCUT2D eigenvalue weighted by Gasteiger charge is -2.10. The van der Waals surface area contributed by atoms with Gasteiger partial charge in [-0.1, -0.05) is 17.7 Å². The van der Waals surface area contributed by atoms with Crippen molar-refractivity contribution in [3.05, 3.63) is 41.2 Å². The smallest absolute Gasteiger partial charge is 0.158 e. The van der Waals surface area contributed by atoms with E-state index in [1.807, 2.05) is 37.3 Å². The Morgan fingerprint density at radius 3 is 2.70 bits per heavy atom. The molecule has 0 amide bonds. The van der Waals surface area contributed by atoms with E-state index in [-0.39, 0.29) is 0 Å². The molecule has 2 aromatic rings. The zero-order valence-corrected chi connectivity index (χ0v) is 12.2. The van der Waals surface area contributed by atoms with E-state index in [4.69, 9.17) is 16.3 Å². The Kier molecular flexibility index (Phi) is 5.15. The Balaban J connectivity index is 2.25. The van der Waals surface area contributed by atoms with Crippen LogP contribution in [0, 0.1) is 0 Å². The van der Waals surface area contributed by atoms with Crippen molar-refractivity contribution in [3.8, 4) is 0 Å². The standard InChI is InChI=1S/C14H17ClN4O/c1-3-16-12-8-13(19-14(18-12)9-20-2)17-11-6-4-5-10(15)7-11/h4-8H,3,9H2,1-2H3,(H2,16,17,18,19). The average molecular weight is 293 g/mol. The number of nitrogens with zero attached hydrogens (tertiary/aromatic N) is 2. The molecule has 1 aromatic carbocycles. The maximum absolute atomic E-state index is 5.97. The SMILES string of the molecule is CCNc1cc(Nc2cccc(Cl)c2)nc(COC)n1. The molecule has 106 valence electrons. The van der Waals surface area contributed by atoms with Crippen molar-refractivity contribution in [2.45, 2.75) is 13.5 Å². The summed E-state index contributed by atoms with van der Waals surface area (Å²) in [6.45, 7) is 3.17. The number of hydrogen-bond acceptors (Lipinski definition) is 5. The summed E-state index contributed by atoms with van der Waals surface area (Å²) in [4.78, 5) is 8.76. The molecule has 2 N–H and O–H groups in total. The summed E-state index contributed by atoms with van der Waals surface area (Å²) in [6.07, 6.45) is 0. The molecule has 0 aliphatic heterocycles. The van der Waals surface area contributed by atoms with Gasteiger partial charge in [-0.2, -0.15) is 0 Å². The van der Waals surface area contributed by atoms with Crippen LogP contribution in [0.15, 0.2) is 30.3 Å². The molecule has 2 rings (SSSR count).